The number of imide groups is 1. The number of halogens is 1. The van der Waals surface area contributed by atoms with Crippen molar-refractivity contribution < 1.29 is 14.4 Å². The van der Waals surface area contributed by atoms with Crippen molar-refractivity contribution >= 4 is 63.5 Å². The number of carbonyl (C=O) groups is 3. The molecule has 0 spiro atoms. The highest BCUT2D eigenvalue weighted by Gasteiger charge is 2.30. The fourth-order valence-corrected chi connectivity index (χ4v) is 9.13. The third-order valence-electron chi connectivity index (χ3n) is 12.0. The number of aromatic nitrogens is 4. The number of pyridine rings is 1. The third-order valence-corrected chi connectivity index (χ3v) is 12.3. The third kappa shape index (κ3) is 8.14. The van der Waals surface area contributed by atoms with Gasteiger partial charge in [-0.05, 0) is 86.9 Å². The lowest BCUT2D eigenvalue weighted by atomic mass is 9.90. The number of hydrogen-bond acceptors (Lipinski definition) is 10. The molecule has 3 aromatic heterocycles. The molecule has 1 unspecified atom stereocenters. The first-order valence-corrected chi connectivity index (χ1v) is 20.3. The van der Waals surface area contributed by atoms with Gasteiger partial charge in [-0.15, -0.1) is 0 Å². The summed E-state index contributed by atoms with van der Waals surface area (Å²) in [6, 6.07) is 12.2. The Morgan fingerprint density at radius 1 is 0.909 bits per heavy atom. The summed E-state index contributed by atoms with van der Waals surface area (Å²) >= 11 is 6.74. The molecule has 1 aliphatic carbocycles. The molecular weight excluding hydrogens is 716 g/mol. The van der Waals surface area contributed by atoms with E-state index in [2.05, 4.69) is 41.0 Å². The molecule has 290 valence electrons. The summed E-state index contributed by atoms with van der Waals surface area (Å²) in [6.07, 6.45) is 12.5. The predicted octanol–water partition coefficient (Wildman–Crippen LogP) is 5.99. The summed E-state index contributed by atoms with van der Waals surface area (Å²) in [5.41, 5.74) is 4.47. The molecule has 4 aliphatic rings. The molecule has 2 N–H and O–H groups in total. The molecule has 3 aliphatic heterocycles. The molecule has 8 rings (SSSR count). The fourth-order valence-electron chi connectivity index (χ4n) is 8.82. The van der Waals surface area contributed by atoms with Gasteiger partial charge in [0.05, 0.1) is 28.5 Å². The van der Waals surface area contributed by atoms with Gasteiger partial charge >= 0.3 is 0 Å². The van der Waals surface area contributed by atoms with E-state index in [4.69, 9.17) is 21.6 Å². The second kappa shape index (κ2) is 16.2. The van der Waals surface area contributed by atoms with Gasteiger partial charge in [-0.25, -0.2) is 9.97 Å². The van der Waals surface area contributed by atoms with E-state index in [0.717, 1.165) is 112 Å². The van der Waals surface area contributed by atoms with E-state index in [1.165, 1.54) is 6.42 Å². The maximum atomic E-state index is 13.1. The van der Waals surface area contributed by atoms with Crippen LogP contribution < -0.4 is 20.4 Å². The Balaban J connectivity index is 0.799. The molecule has 1 atom stereocenters. The molecule has 1 aromatic carbocycles. The van der Waals surface area contributed by atoms with Crippen molar-refractivity contribution in [3.05, 3.63) is 65.1 Å². The molecule has 3 saturated heterocycles. The van der Waals surface area contributed by atoms with Crippen molar-refractivity contribution in [3.63, 3.8) is 0 Å². The number of benzene rings is 1. The lowest BCUT2D eigenvalue weighted by Crippen LogP contribution is -2.47. The number of carbonyl (C=O) groups excluding carboxylic acids is 3. The summed E-state index contributed by atoms with van der Waals surface area (Å²) in [6.45, 7) is 7.04. The number of nitrogens with one attached hydrogen (secondary N) is 2. The molecule has 4 aromatic rings. The fraction of sp³-hybridized carbons (Fsp3) is 0.512. The zero-order chi connectivity index (χ0) is 38.1. The van der Waals surface area contributed by atoms with E-state index in [9.17, 15) is 14.4 Å². The van der Waals surface area contributed by atoms with E-state index in [-0.39, 0.29) is 29.7 Å². The average molecular weight is 767 g/mol. The summed E-state index contributed by atoms with van der Waals surface area (Å²) in [5, 5.41) is 7.28. The Hall–Kier alpha value is -4.75. The van der Waals surface area contributed by atoms with Crippen LogP contribution in [-0.4, -0.2) is 107 Å². The van der Waals surface area contributed by atoms with Gasteiger partial charge in [0.25, 0.3) is 5.91 Å². The SMILES string of the molecule is CN(C)C(=O)c1cc2cnc(Nc3ccc(N4CCN(CCC5CCN(c6ccc(C7CCC(=O)NC7=O)cc6Cl)CC5)CC4)cn3)nc2n1C1CCCC1. The molecule has 13 nitrogen and oxygen atoms in total. The monoisotopic (exact) mass is 766 g/mol. The lowest BCUT2D eigenvalue weighted by Gasteiger charge is -2.38. The van der Waals surface area contributed by atoms with Crippen LogP contribution in [0.1, 0.15) is 85.8 Å². The van der Waals surface area contributed by atoms with Crippen LogP contribution in [0.5, 0.6) is 0 Å². The zero-order valence-corrected chi connectivity index (χ0v) is 32.6. The van der Waals surface area contributed by atoms with Crippen molar-refractivity contribution in [1.29, 1.82) is 0 Å². The largest absolute Gasteiger partial charge is 0.370 e. The van der Waals surface area contributed by atoms with Crippen LogP contribution in [0, 0.1) is 5.92 Å². The highest BCUT2D eigenvalue weighted by atomic mass is 35.5. The van der Waals surface area contributed by atoms with E-state index in [1.54, 1.807) is 25.2 Å². The first kappa shape index (κ1) is 37.2. The summed E-state index contributed by atoms with van der Waals surface area (Å²) < 4.78 is 2.13. The minimum absolute atomic E-state index is 0.0184. The molecule has 55 heavy (non-hydrogen) atoms. The first-order chi connectivity index (χ1) is 26.7. The van der Waals surface area contributed by atoms with Gasteiger partial charge in [-0.3, -0.25) is 24.6 Å². The van der Waals surface area contributed by atoms with E-state index in [1.807, 2.05) is 36.5 Å². The lowest BCUT2D eigenvalue weighted by molar-refractivity contribution is -0.134. The molecule has 1 saturated carbocycles. The van der Waals surface area contributed by atoms with Gasteiger partial charge < -0.3 is 24.6 Å². The molecule has 14 heteroatoms. The number of fused-ring (bicyclic) bond motifs is 1. The molecule has 0 radical (unpaired) electrons. The van der Waals surface area contributed by atoms with Gasteiger partial charge in [0, 0.05) is 77.4 Å². The van der Waals surface area contributed by atoms with E-state index in [0.29, 0.717) is 41.2 Å². The van der Waals surface area contributed by atoms with Crippen molar-refractivity contribution in [2.24, 2.45) is 5.92 Å². The van der Waals surface area contributed by atoms with Gasteiger partial charge in [0.1, 0.15) is 17.2 Å². The van der Waals surface area contributed by atoms with Gasteiger partial charge in [0.2, 0.25) is 17.8 Å². The van der Waals surface area contributed by atoms with Crippen molar-refractivity contribution in [1.82, 2.24) is 34.6 Å². The standard InChI is InChI=1S/C41H51ClN10O3/c1-48(2)40(55)35-24-29-25-44-41(47-38(29)52(35)30-5-3-4-6-30)45-36-11-8-31(26-43-36)50-21-19-49(20-22-50)16-13-27-14-17-51(18-15-27)34-10-7-28(23-33(34)42)32-9-12-37(53)46-39(32)54/h7-8,10-11,23-27,30,32H,3-6,9,12-22H2,1-2H3,(H,46,53,54)(H,43,44,45,47). The minimum atomic E-state index is -0.322. The van der Waals surface area contributed by atoms with Crippen LogP contribution in [0.2, 0.25) is 5.02 Å². The van der Waals surface area contributed by atoms with Crippen LogP contribution in [-0.2, 0) is 9.59 Å². The maximum absolute atomic E-state index is 13.1. The summed E-state index contributed by atoms with van der Waals surface area (Å²) in [7, 11) is 3.57. The van der Waals surface area contributed by atoms with Crippen LogP contribution in [0.15, 0.2) is 48.8 Å². The Bertz CT molecular complexity index is 2030. The van der Waals surface area contributed by atoms with E-state index >= 15 is 0 Å². The Labute approximate surface area is 327 Å². The van der Waals surface area contributed by atoms with E-state index < -0.39 is 0 Å². The smallest absolute Gasteiger partial charge is 0.270 e. The highest BCUT2D eigenvalue weighted by Crippen LogP contribution is 2.36. The van der Waals surface area contributed by atoms with Crippen LogP contribution in [0.3, 0.4) is 0 Å². The number of nitrogens with zero attached hydrogens (tertiary/aromatic N) is 8. The first-order valence-electron chi connectivity index (χ1n) is 19.9. The van der Waals surface area contributed by atoms with Gasteiger partial charge in [-0.2, -0.15) is 4.98 Å². The van der Waals surface area contributed by atoms with Crippen LogP contribution >= 0.6 is 11.6 Å². The summed E-state index contributed by atoms with van der Waals surface area (Å²) in [4.78, 5) is 60.1. The second-order valence-corrected chi connectivity index (χ2v) is 16.2. The summed E-state index contributed by atoms with van der Waals surface area (Å²) in [5.74, 6) is 1.07. The Kier molecular flexibility index (Phi) is 10.9. The molecule has 6 heterocycles. The number of anilines is 4. The van der Waals surface area contributed by atoms with Gasteiger partial charge in [0.15, 0.2) is 0 Å². The zero-order valence-electron chi connectivity index (χ0n) is 31.8. The predicted molar refractivity (Wildman–Crippen MR) is 215 cm³/mol. The number of amides is 3. The van der Waals surface area contributed by atoms with Crippen LogP contribution in [0.25, 0.3) is 11.0 Å². The number of piperidine rings is 2. The minimum Gasteiger partial charge on any atom is -0.370 e. The topological polar surface area (TPSA) is 132 Å². The van der Waals surface area contributed by atoms with Crippen LogP contribution in [0.4, 0.5) is 23.1 Å². The Morgan fingerprint density at radius 3 is 2.38 bits per heavy atom. The number of hydrogen-bond donors (Lipinski definition) is 2. The molecule has 0 bridgehead atoms. The van der Waals surface area contributed by atoms with Crippen molar-refractivity contribution in [3.8, 4) is 0 Å². The average Bonchev–Trinajstić information content (AvgIpc) is 3.86. The molecule has 3 amide bonds. The highest BCUT2D eigenvalue weighted by molar-refractivity contribution is 6.33. The van der Waals surface area contributed by atoms with Crippen molar-refractivity contribution in [2.75, 3.05) is 75.0 Å². The van der Waals surface area contributed by atoms with Crippen molar-refractivity contribution in [2.45, 2.75) is 69.7 Å². The normalized spacial score (nSPS) is 20.3. The molecule has 4 fully saturated rings. The molecular formula is C41H51ClN10O3. The maximum Gasteiger partial charge on any atom is 0.270 e. The number of rotatable bonds is 10. The Morgan fingerprint density at radius 2 is 1.69 bits per heavy atom. The quantitative estimate of drug-likeness (QED) is 0.186. The number of piperazine rings is 1. The second-order valence-electron chi connectivity index (χ2n) is 15.8. The van der Waals surface area contributed by atoms with Gasteiger partial charge in [-0.1, -0.05) is 30.5 Å².